The van der Waals surface area contributed by atoms with Crippen LogP contribution in [0.2, 0.25) is 0 Å². The van der Waals surface area contributed by atoms with Crippen LogP contribution in [-0.2, 0) is 16.1 Å². The Bertz CT molecular complexity index is 853. The zero-order chi connectivity index (χ0) is 19.9. The molecule has 0 amide bonds. The maximum absolute atomic E-state index is 12.1. The molecule has 0 saturated carbocycles. The minimum absolute atomic E-state index is 0.294. The van der Waals surface area contributed by atoms with E-state index in [1.54, 1.807) is 14.2 Å². The SMILES string of the molecule is COC(=O)C1=C(c2cccc(OCc3cc(OC)cc(OC)c3)c2)CCNC1. The van der Waals surface area contributed by atoms with Crippen molar-refractivity contribution in [1.29, 1.82) is 0 Å². The van der Waals surface area contributed by atoms with E-state index in [0.717, 1.165) is 35.4 Å². The van der Waals surface area contributed by atoms with Gasteiger partial charge in [-0.1, -0.05) is 12.1 Å². The normalized spacial score (nSPS) is 13.8. The first-order chi connectivity index (χ1) is 13.6. The third-order valence-corrected chi connectivity index (χ3v) is 4.65. The molecule has 1 aliphatic rings. The number of carbonyl (C=O) groups excluding carboxylic acids is 1. The topological polar surface area (TPSA) is 66.0 Å². The molecule has 0 spiro atoms. The Kier molecular flexibility index (Phi) is 6.55. The summed E-state index contributed by atoms with van der Waals surface area (Å²) < 4.78 is 21.5. The molecule has 3 rings (SSSR count). The maximum atomic E-state index is 12.1. The number of benzene rings is 2. The van der Waals surface area contributed by atoms with Crippen molar-refractivity contribution < 1.29 is 23.7 Å². The van der Waals surface area contributed by atoms with E-state index in [9.17, 15) is 4.79 Å². The highest BCUT2D eigenvalue weighted by atomic mass is 16.5. The van der Waals surface area contributed by atoms with Gasteiger partial charge in [-0.15, -0.1) is 0 Å². The largest absolute Gasteiger partial charge is 0.497 e. The van der Waals surface area contributed by atoms with Crippen molar-refractivity contribution in [3.05, 3.63) is 59.2 Å². The molecule has 0 bridgehead atoms. The van der Waals surface area contributed by atoms with Gasteiger partial charge in [0, 0.05) is 12.6 Å². The van der Waals surface area contributed by atoms with Gasteiger partial charge < -0.3 is 24.3 Å². The highest BCUT2D eigenvalue weighted by Gasteiger charge is 2.20. The number of methoxy groups -OCH3 is 3. The molecule has 1 N–H and O–H groups in total. The van der Waals surface area contributed by atoms with Gasteiger partial charge in [-0.25, -0.2) is 4.79 Å². The quantitative estimate of drug-likeness (QED) is 0.741. The second-order valence-electron chi connectivity index (χ2n) is 6.41. The Labute approximate surface area is 165 Å². The first kappa shape index (κ1) is 19.8. The minimum Gasteiger partial charge on any atom is -0.497 e. The maximum Gasteiger partial charge on any atom is 0.335 e. The summed E-state index contributed by atoms with van der Waals surface area (Å²) in [5.41, 5.74) is 3.59. The van der Waals surface area contributed by atoms with Gasteiger partial charge in [0.2, 0.25) is 0 Å². The van der Waals surface area contributed by atoms with E-state index in [1.165, 1.54) is 7.11 Å². The summed E-state index contributed by atoms with van der Waals surface area (Å²) in [5.74, 6) is 1.87. The van der Waals surface area contributed by atoms with Crippen molar-refractivity contribution in [2.45, 2.75) is 13.0 Å². The molecule has 2 aromatic carbocycles. The van der Waals surface area contributed by atoms with E-state index in [1.807, 2.05) is 42.5 Å². The zero-order valence-electron chi connectivity index (χ0n) is 16.4. The molecule has 0 aromatic heterocycles. The lowest BCUT2D eigenvalue weighted by molar-refractivity contribution is -0.136. The van der Waals surface area contributed by atoms with Gasteiger partial charge in [-0.3, -0.25) is 0 Å². The van der Waals surface area contributed by atoms with Gasteiger partial charge in [0.25, 0.3) is 0 Å². The Balaban J connectivity index is 1.80. The highest BCUT2D eigenvalue weighted by Crippen LogP contribution is 2.29. The molecule has 0 fully saturated rings. The van der Waals surface area contributed by atoms with Gasteiger partial charge in [0.15, 0.2) is 0 Å². The van der Waals surface area contributed by atoms with Crippen molar-refractivity contribution in [2.75, 3.05) is 34.4 Å². The van der Waals surface area contributed by atoms with E-state index in [2.05, 4.69) is 5.32 Å². The molecule has 148 valence electrons. The number of esters is 1. The van der Waals surface area contributed by atoms with Gasteiger partial charge in [0.1, 0.15) is 23.9 Å². The monoisotopic (exact) mass is 383 g/mol. The molecule has 2 aromatic rings. The van der Waals surface area contributed by atoms with E-state index in [-0.39, 0.29) is 5.97 Å². The molecule has 28 heavy (non-hydrogen) atoms. The molecule has 1 heterocycles. The Hall–Kier alpha value is -2.99. The Morgan fingerprint density at radius 3 is 2.43 bits per heavy atom. The molecule has 0 saturated heterocycles. The predicted molar refractivity (Wildman–Crippen MR) is 107 cm³/mol. The lowest BCUT2D eigenvalue weighted by Gasteiger charge is -2.20. The van der Waals surface area contributed by atoms with Crippen LogP contribution in [0.4, 0.5) is 0 Å². The molecule has 0 unspecified atom stereocenters. The molecule has 0 aliphatic carbocycles. The second kappa shape index (κ2) is 9.28. The lowest BCUT2D eigenvalue weighted by Crippen LogP contribution is -2.28. The summed E-state index contributed by atoms with van der Waals surface area (Å²) in [5, 5.41) is 3.22. The van der Waals surface area contributed by atoms with E-state index >= 15 is 0 Å². The number of rotatable bonds is 7. The first-order valence-electron chi connectivity index (χ1n) is 9.11. The van der Waals surface area contributed by atoms with Crippen LogP contribution in [0.25, 0.3) is 5.57 Å². The zero-order valence-corrected chi connectivity index (χ0v) is 16.4. The van der Waals surface area contributed by atoms with Crippen LogP contribution >= 0.6 is 0 Å². The molecular formula is C22H25NO5. The first-order valence-corrected chi connectivity index (χ1v) is 9.11. The van der Waals surface area contributed by atoms with Gasteiger partial charge in [-0.05, 0) is 53.9 Å². The summed E-state index contributed by atoms with van der Waals surface area (Å²) in [7, 11) is 4.65. The lowest BCUT2D eigenvalue weighted by atomic mass is 9.94. The minimum atomic E-state index is -0.294. The summed E-state index contributed by atoms with van der Waals surface area (Å²) in [6, 6.07) is 13.4. The van der Waals surface area contributed by atoms with Crippen LogP contribution in [0.1, 0.15) is 17.5 Å². The number of hydrogen-bond acceptors (Lipinski definition) is 6. The van der Waals surface area contributed by atoms with E-state index < -0.39 is 0 Å². The van der Waals surface area contributed by atoms with Crippen LogP contribution in [0, 0.1) is 0 Å². The molecular weight excluding hydrogens is 358 g/mol. The van der Waals surface area contributed by atoms with Crippen molar-refractivity contribution in [2.24, 2.45) is 0 Å². The highest BCUT2D eigenvalue weighted by molar-refractivity contribution is 5.98. The van der Waals surface area contributed by atoms with Crippen molar-refractivity contribution in [1.82, 2.24) is 5.32 Å². The summed E-state index contributed by atoms with van der Waals surface area (Å²) in [4.78, 5) is 12.1. The number of hydrogen-bond donors (Lipinski definition) is 1. The Morgan fingerprint density at radius 2 is 1.75 bits per heavy atom. The van der Waals surface area contributed by atoms with Crippen LogP contribution in [0.5, 0.6) is 17.2 Å². The van der Waals surface area contributed by atoms with E-state index in [4.69, 9.17) is 18.9 Å². The smallest absolute Gasteiger partial charge is 0.335 e. The second-order valence-corrected chi connectivity index (χ2v) is 6.41. The summed E-state index contributed by atoms with van der Waals surface area (Å²) in [6.45, 7) is 1.71. The van der Waals surface area contributed by atoms with Gasteiger partial charge in [0.05, 0.1) is 26.9 Å². The van der Waals surface area contributed by atoms with Crippen molar-refractivity contribution in [3.63, 3.8) is 0 Å². The van der Waals surface area contributed by atoms with Gasteiger partial charge in [-0.2, -0.15) is 0 Å². The van der Waals surface area contributed by atoms with Crippen molar-refractivity contribution >= 4 is 11.5 Å². The molecule has 6 heteroatoms. The average molecular weight is 383 g/mol. The Morgan fingerprint density at radius 1 is 1.00 bits per heavy atom. The molecule has 6 nitrogen and oxygen atoms in total. The van der Waals surface area contributed by atoms with Crippen LogP contribution in [0.3, 0.4) is 0 Å². The van der Waals surface area contributed by atoms with Crippen LogP contribution in [0.15, 0.2) is 48.0 Å². The number of nitrogens with one attached hydrogen (secondary N) is 1. The van der Waals surface area contributed by atoms with Gasteiger partial charge >= 0.3 is 5.97 Å². The predicted octanol–water partition coefficient (Wildman–Crippen LogP) is 3.20. The molecule has 0 atom stereocenters. The third kappa shape index (κ3) is 4.64. The molecule has 0 radical (unpaired) electrons. The summed E-state index contributed by atoms with van der Waals surface area (Å²) in [6.07, 6.45) is 0.765. The fraction of sp³-hybridized carbons (Fsp3) is 0.318. The number of carbonyl (C=O) groups is 1. The third-order valence-electron chi connectivity index (χ3n) is 4.65. The standard InChI is InChI=1S/C22H25NO5/c1-25-18-9-15(10-19(12-18)26-2)14-28-17-6-4-5-16(11-17)20-7-8-23-13-21(20)22(24)27-3/h4-6,9-12,23H,7-8,13-14H2,1-3H3. The molecule has 1 aliphatic heterocycles. The fourth-order valence-corrected chi connectivity index (χ4v) is 3.21. The van der Waals surface area contributed by atoms with E-state index in [0.29, 0.717) is 30.2 Å². The van der Waals surface area contributed by atoms with Crippen LogP contribution in [-0.4, -0.2) is 40.4 Å². The van der Waals surface area contributed by atoms with Crippen LogP contribution < -0.4 is 19.5 Å². The van der Waals surface area contributed by atoms with Crippen molar-refractivity contribution in [3.8, 4) is 17.2 Å². The summed E-state index contributed by atoms with van der Waals surface area (Å²) >= 11 is 0. The fourth-order valence-electron chi connectivity index (χ4n) is 3.21. The number of ether oxygens (including phenoxy) is 4. The average Bonchev–Trinajstić information content (AvgIpc) is 2.77.